The Labute approximate surface area is 185 Å². The van der Waals surface area contributed by atoms with Gasteiger partial charge in [-0.3, -0.25) is 4.99 Å². The quantitative estimate of drug-likeness (QED) is 0.279. The van der Waals surface area contributed by atoms with E-state index in [1.807, 2.05) is 11.8 Å². The van der Waals surface area contributed by atoms with Gasteiger partial charge in [0.25, 0.3) is 0 Å². The Bertz CT molecular complexity index is 574. The van der Waals surface area contributed by atoms with Gasteiger partial charge in [0.1, 0.15) is 0 Å². The number of benzene rings is 1. The van der Waals surface area contributed by atoms with Crippen molar-refractivity contribution in [2.24, 2.45) is 10.9 Å². The van der Waals surface area contributed by atoms with E-state index in [1.54, 1.807) is 0 Å². The van der Waals surface area contributed by atoms with Crippen LogP contribution in [0.1, 0.15) is 13.3 Å². The average molecular weight is 504 g/mol. The largest absolute Gasteiger partial charge is 0.374 e. The molecule has 0 bridgehead atoms. The Kier molecular flexibility index (Phi) is 10.2. The van der Waals surface area contributed by atoms with Gasteiger partial charge in [-0.2, -0.15) is 0 Å². The second-order valence-electron chi connectivity index (χ2n) is 7.17. The molecule has 0 radical (unpaired) electrons. The molecule has 0 spiro atoms. The first kappa shape index (κ1) is 22.8. The van der Waals surface area contributed by atoms with Gasteiger partial charge in [-0.15, -0.1) is 35.7 Å². The molecule has 2 aliphatic heterocycles. The maximum absolute atomic E-state index is 5.85. The van der Waals surface area contributed by atoms with E-state index in [1.165, 1.54) is 17.1 Å². The van der Waals surface area contributed by atoms with Gasteiger partial charge in [0.05, 0.1) is 19.3 Å². The van der Waals surface area contributed by atoms with Crippen LogP contribution >= 0.6 is 35.7 Å². The van der Waals surface area contributed by atoms with E-state index in [-0.39, 0.29) is 30.1 Å². The fourth-order valence-electron chi connectivity index (χ4n) is 3.48. The number of ether oxygens (including phenoxy) is 1. The number of morpholine rings is 1. The normalized spacial score (nSPS) is 23.9. The van der Waals surface area contributed by atoms with Crippen molar-refractivity contribution < 1.29 is 4.74 Å². The summed E-state index contributed by atoms with van der Waals surface area (Å²) in [6.45, 7) is 8.78. The summed E-state index contributed by atoms with van der Waals surface area (Å²) < 4.78 is 5.85. The van der Waals surface area contributed by atoms with Crippen LogP contribution in [0.25, 0.3) is 0 Å². The zero-order valence-corrected chi connectivity index (χ0v) is 19.6. The molecule has 0 amide bonds. The highest BCUT2D eigenvalue weighted by molar-refractivity contribution is 14.0. The molecule has 2 saturated heterocycles. The zero-order valence-electron chi connectivity index (χ0n) is 16.5. The second-order valence-corrected chi connectivity index (χ2v) is 8.27. The van der Waals surface area contributed by atoms with E-state index < -0.39 is 0 Å². The lowest BCUT2D eigenvalue weighted by Gasteiger charge is -2.29. The third kappa shape index (κ3) is 7.44. The lowest BCUT2D eigenvalue weighted by atomic mass is 10.2. The van der Waals surface area contributed by atoms with Gasteiger partial charge in [0.2, 0.25) is 0 Å². The first-order chi connectivity index (χ1) is 12.7. The highest BCUT2D eigenvalue weighted by atomic mass is 127. The number of hydrogen-bond donors (Lipinski definition) is 1. The Morgan fingerprint density at radius 2 is 2.07 bits per heavy atom. The predicted octanol–water partition coefficient (Wildman–Crippen LogP) is 3.01. The van der Waals surface area contributed by atoms with E-state index in [0.29, 0.717) is 0 Å². The topological polar surface area (TPSA) is 40.1 Å². The Morgan fingerprint density at radius 1 is 1.26 bits per heavy atom. The molecule has 152 valence electrons. The summed E-state index contributed by atoms with van der Waals surface area (Å²) in [5.41, 5.74) is 0. The van der Waals surface area contributed by atoms with Gasteiger partial charge < -0.3 is 19.9 Å². The zero-order chi connectivity index (χ0) is 18.2. The predicted molar refractivity (Wildman–Crippen MR) is 125 cm³/mol. The molecule has 0 aliphatic carbocycles. The molecule has 2 atom stereocenters. The average Bonchev–Trinajstić information content (AvgIpc) is 3.13. The van der Waals surface area contributed by atoms with Crippen LogP contribution in [-0.2, 0) is 4.74 Å². The summed E-state index contributed by atoms with van der Waals surface area (Å²) in [5.74, 6) is 2.95. The minimum Gasteiger partial charge on any atom is -0.374 e. The molecule has 2 aliphatic rings. The number of thioether (sulfide) groups is 1. The van der Waals surface area contributed by atoms with Gasteiger partial charge in [0.15, 0.2) is 5.96 Å². The number of guanidine groups is 1. The van der Waals surface area contributed by atoms with Crippen LogP contribution in [0.5, 0.6) is 0 Å². The molecule has 27 heavy (non-hydrogen) atoms. The van der Waals surface area contributed by atoms with Crippen LogP contribution < -0.4 is 5.32 Å². The van der Waals surface area contributed by atoms with E-state index in [4.69, 9.17) is 9.73 Å². The molecule has 7 heteroatoms. The fourth-order valence-corrected chi connectivity index (χ4v) is 4.53. The minimum absolute atomic E-state index is 0. The smallest absolute Gasteiger partial charge is 0.194 e. The summed E-state index contributed by atoms with van der Waals surface area (Å²) in [5, 5.41) is 3.47. The first-order valence-corrected chi connectivity index (χ1v) is 10.7. The van der Waals surface area contributed by atoms with Crippen LogP contribution in [0.4, 0.5) is 0 Å². The van der Waals surface area contributed by atoms with Crippen molar-refractivity contribution >= 4 is 41.7 Å². The molecular weight excluding hydrogens is 471 g/mol. The molecule has 0 saturated carbocycles. The second kappa shape index (κ2) is 12.1. The van der Waals surface area contributed by atoms with Gasteiger partial charge >= 0.3 is 0 Å². The third-order valence-corrected chi connectivity index (χ3v) is 6.18. The van der Waals surface area contributed by atoms with Crippen molar-refractivity contribution in [1.82, 2.24) is 15.1 Å². The van der Waals surface area contributed by atoms with Crippen LogP contribution in [0, 0.1) is 5.92 Å². The minimum atomic E-state index is 0. The van der Waals surface area contributed by atoms with Crippen LogP contribution in [0.3, 0.4) is 0 Å². The van der Waals surface area contributed by atoms with Crippen LogP contribution in [-0.4, -0.2) is 80.5 Å². The van der Waals surface area contributed by atoms with Crippen LogP contribution in [0.2, 0.25) is 0 Å². The van der Waals surface area contributed by atoms with Crippen molar-refractivity contribution in [2.75, 3.05) is 58.7 Å². The van der Waals surface area contributed by atoms with Crippen molar-refractivity contribution in [3.63, 3.8) is 0 Å². The van der Waals surface area contributed by atoms with E-state index in [9.17, 15) is 0 Å². The molecule has 1 N–H and O–H groups in total. The number of halogens is 1. The number of hydrogen-bond acceptors (Lipinski definition) is 4. The molecule has 1 aromatic rings. The van der Waals surface area contributed by atoms with E-state index in [0.717, 1.165) is 57.8 Å². The van der Waals surface area contributed by atoms with Crippen molar-refractivity contribution in [3.05, 3.63) is 30.3 Å². The summed E-state index contributed by atoms with van der Waals surface area (Å²) in [4.78, 5) is 11.0. The van der Waals surface area contributed by atoms with Crippen molar-refractivity contribution in [3.8, 4) is 0 Å². The number of nitrogens with one attached hydrogen (secondary N) is 1. The fraction of sp³-hybridized carbons (Fsp3) is 0.650. The molecule has 2 heterocycles. The molecule has 2 unspecified atom stereocenters. The van der Waals surface area contributed by atoms with Crippen LogP contribution in [0.15, 0.2) is 40.2 Å². The number of likely N-dealkylation sites (tertiary alicyclic amines) is 1. The number of nitrogens with zero attached hydrogens (tertiary/aromatic N) is 3. The maximum Gasteiger partial charge on any atom is 0.194 e. The lowest BCUT2D eigenvalue weighted by Crippen LogP contribution is -2.44. The summed E-state index contributed by atoms with van der Waals surface area (Å²) in [6, 6.07) is 10.7. The molecular formula is C20H33IN4OS. The van der Waals surface area contributed by atoms with Gasteiger partial charge in [0, 0.05) is 43.4 Å². The standard InChI is InChI=1S/C20H32N4OS.HI/c1-3-21-20(22-13-18-15-23(2)11-12-25-18)24-10-9-17(14-24)16-26-19-7-5-4-6-8-19;/h4-8,17-18H,3,9-16H2,1-2H3,(H,21,22);1H. The summed E-state index contributed by atoms with van der Waals surface area (Å²) in [6.07, 6.45) is 1.46. The Balaban J connectivity index is 0.00000261. The van der Waals surface area contributed by atoms with E-state index >= 15 is 0 Å². The SMILES string of the molecule is CCNC(=NCC1CN(C)CCO1)N1CCC(CSc2ccccc2)C1.I. The number of rotatable bonds is 6. The molecule has 0 aromatic heterocycles. The van der Waals surface area contributed by atoms with E-state index in [2.05, 4.69) is 59.4 Å². The van der Waals surface area contributed by atoms with Gasteiger partial charge in [-0.05, 0) is 38.4 Å². The van der Waals surface area contributed by atoms with Gasteiger partial charge in [-0.25, -0.2) is 0 Å². The third-order valence-electron chi connectivity index (χ3n) is 4.94. The lowest BCUT2D eigenvalue weighted by molar-refractivity contribution is -0.0137. The molecule has 1 aromatic carbocycles. The molecule has 5 nitrogen and oxygen atoms in total. The number of likely N-dealkylation sites (N-methyl/N-ethyl adjacent to an activating group) is 1. The molecule has 3 rings (SSSR count). The Morgan fingerprint density at radius 3 is 2.81 bits per heavy atom. The summed E-state index contributed by atoms with van der Waals surface area (Å²) >= 11 is 1.97. The van der Waals surface area contributed by atoms with Gasteiger partial charge in [-0.1, -0.05) is 18.2 Å². The highest BCUT2D eigenvalue weighted by Gasteiger charge is 2.25. The first-order valence-electron chi connectivity index (χ1n) is 9.76. The van der Waals surface area contributed by atoms with Crippen molar-refractivity contribution in [1.29, 1.82) is 0 Å². The number of aliphatic imine (C=N–C) groups is 1. The highest BCUT2D eigenvalue weighted by Crippen LogP contribution is 2.25. The Hall–Kier alpha value is -0.510. The molecule has 2 fully saturated rings. The maximum atomic E-state index is 5.85. The monoisotopic (exact) mass is 504 g/mol. The summed E-state index contributed by atoms with van der Waals surface area (Å²) in [7, 11) is 2.15. The van der Waals surface area contributed by atoms with Crippen molar-refractivity contribution in [2.45, 2.75) is 24.3 Å².